The van der Waals surface area contributed by atoms with Gasteiger partial charge in [-0.15, -0.1) is 0 Å². The molecular formula is C21H24N4O2S. The lowest BCUT2D eigenvalue weighted by Crippen LogP contribution is -2.17. The van der Waals surface area contributed by atoms with E-state index in [0.29, 0.717) is 22.9 Å². The van der Waals surface area contributed by atoms with Crippen LogP contribution in [0, 0.1) is 4.77 Å². The molecule has 0 radical (unpaired) electrons. The average Bonchev–Trinajstić information content (AvgIpc) is 3.06. The van der Waals surface area contributed by atoms with Crippen molar-refractivity contribution in [1.29, 1.82) is 0 Å². The number of hydrogen-bond acceptors (Lipinski definition) is 5. The molecule has 3 rings (SSSR count). The van der Waals surface area contributed by atoms with Crippen LogP contribution in [0.4, 0.5) is 0 Å². The van der Waals surface area contributed by atoms with Crippen LogP contribution in [0.3, 0.4) is 0 Å². The first-order valence-electron chi connectivity index (χ1n) is 8.95. The van der Waals surface area contributed by atoms with Gasteiger partial charge >= 0.3 is 0 Å². The first kappa shape index (κ1) is 19.8. The van der Waals surface area contributed by atoms with Crippen molar-refractivity contribution in [3.8, 4) is 11.5 Å². The minimum Gasteiger partial charge on any atom is -0.493 e. The van der Waals surface area contributed by atoms with Gasteiger partial charge in [0.1, 0.15) is 6.61 Å². The van der Waals surface area contributed by atoms with Gasteiger partial charge in [0.2, 0.25) is 4.77 Å². The van der Waals surface area contributed by atoms with Crippen molar-refractivity contribution in [2.24, 2.45) is 5.10 Å². The van der Waals surface area contributed by atoms with Gasteiger partial charge in [-0.25, -0.2) is 0 Å². The highest BCUT2D eigenvalue weighted by molar-refractivity contribution is 7.71. The highest BCUT2D eigenvalue weighted by atomic mass is 32.1. The fourth-order valence-electron chi connectivity index (χ4n) is 2.63. The number of nitrogens with zero attached hydrogens (tertiary/aromatic N) is 3. The third-order valence-electron chi connectivity index (χ3n) is 4.07. The number of benzene rings is 2. The van der Waals surface area contributed by atoms with Crippen molar-refractivity contribution in [3.63, 3.8) is 0 Å². The number of nitrogens with one attached hydrogen (secondary N) is 1. The number of ether oxygens (including phenoxy) is 2. The summed E-state index contributed by atoms with van der Waals surface area (Å²) in [5.74, 6) is 2.09. The summed E-state index contributed by atoms with van der Waals surface area (Å²) in [5.41, 5.74) is 1.77. The molecule has 1 aromatic heterocycles. The SMILES string of the molecule is COc1ccc(/C=N\n2c(C(C)(C)C)n[nH]c2=S)cc1OCc1ccccc1. The van der Waals surface area contributed by atoms with Crippen molar-refractivity contribution in [2.75, 3.05) is 7.11 Å². The molecule has 6 nitrogen and oxygen atoms in total. The number of aromatic amines is 1. The molecule has 1 heterocycles. The zero-order valence-corrected chi connectivity index (χ0v) is 17.3. The van der Waals surface area contributed by atoms with E-state index < -0.39 is 0 Å². The van der Waals surface area contributed by atoms with Crippen molar-refractivity contribution in [3.05, 3.63) is 70.3 Å². The molecule has 0 spiro atoms. The number of rotatable bonds is 6. The van der Waals surface area contributed by atoms with Crippen molar-refractivity contribution < 1.29 is 9.47 Å². The predicted octanol–water partition coefficient (Wildman–Crippen LogP) is 4.71. The average molecular weight is 397 g/mol. The van der Waals surface area contributed by atoms with E-state index >= 15 is 0 Å². The molecule has 0 atom stereocenters. The molecule has 7 heteroatoms. The molecule has 0 unspecified atom stereocenters. The first-order chi connectivity index (χ1) is 13.4. The number of methoxy groups -OCH3 is 1. The van der Waals surface area contributed by atoms with Crippen LogP contribution in [0.25, 0.3) is 0 Å². The largest absolute Gasteiger partial charge is 0.493 e. The molecule has 0 saturated heterocycles. The van der Waals surface area contributed by atoms with E-state index in [2.05, 4.69) is 36.1 Å². The Labute approximate surface area is 169 Å². The maximum Gasteiger partial charge on any atom is 0.216 e. The molecular weight excluding hydrogens is 372 g/mol. The van der Waals surface area contributed by atoms with Crippen LogP contribution in [-0.4, -0.2) is 28.2 Å². The lowest BCUT2D eigenvalue weighted by Gasteiger charge is -2.16. The quantitative estimate of drug-likeness (QED) is 0.484. The zero-order chi connectivity index (χ0) is 20.1. The third-order valence-corrected chi connectivity index (χ3v) is 4.33. The van der Waals surface area contributed by atoms with Crippen molar-refractivity contribution >= 4 is 18.4 Å². The standard InChI is InChI=1S/C21H24N4O2S/c1-21(2,3)19-23-24-20(28)25(19)22-13-16-10-11-17(26-4)18(12-16)27-14-15-8-6-5-7-9-15/h5-13H,14H2,1-4H3,(H,24,28)/b22-13-. The molecule has 0 aliphatic carbocycles. The summed E-state index contributed by atoms with van der Waals surface area (Å²) in [5, 5.41) is 11.6. The molecule has 0 amide bonds. The molecule has 0 aliphatic rings. The van der Waals surface area contributed by atoms with Gasteiger partial charge in [0.05, 0.1) is 13.3 Å². The lowest BCUT2D eigenvalue weighted by atomic mass is 9.96. The van der Waals surface area contributed by atoms with Gasteiger partial charge in [0.15, 0.2) is 17.3 Å². The van der Waals surface area contributed by atoms with E-state index in [4.69, 9.17) is 21.7 Å². The Morgan fingerprint density at radius 1 is 1.14 bits per heavy atom. The summed E-state index contributed by atoms with van der Waals surface area (Å²) >= 11 is 5.30. The first-order valence-corrected chi connectivity index (χ1v) is 9.36. The second kappa shape index (κ2) is 8.39. The maximum atomic E-state index is 5.96. The Kier molecular flexibility index (Phi) is 5.94. The molecule has 3 aromatic rings. The molecule has 0 fully saturated rings. The molecule has 1 N–H and O–H groups in total. The minimum absolute atomic E-state index is 0.186. The van der Waals surface area contributed by atoms with Gasteiger partial charge in [-0.05, 0) is 41.5 Å². The second-order valence-corrected chi connectivity index (χ2v) is 7.73. The van der Waals surface area contributed by atoms with Crippen LogP contribution in [0.5, 0.6) is 11.5 Å². The Hall–Kier alpha value is -2.93. The summed E-state index contributed by atoms with van der Waals surface area (Å²) in [6.45, 7) is 6.64. The molecule has 0 saturated carbocycles. The highest BCUT2D eigenvalue weighted by Crippen LogP contribution is 2.28. The normalized spacial score (nSPS) is 11.7. The van der Waals surface area contributed by atoms with Gasteiger partial charge in [-0.3, -0.25) is 5.10 Å². The Balaban J connectivity index is 1.85. The second-order valence-electron chi connectivity index (χ2n) is 7.34. The van der Waals surface area contributed by atoms with Gasteiger partial charge in [0, 0.05) is 5.41 Å². The van der Waals surface area contributed by atoms with E-state index in [1.165, 1.54) is 0 Å². The van der Waals surface area contributed by atoms with E-state index in [1.807, 2.05) is 48.5 Å². The summed E-state index contributed by atoms with van der Waals surface area (Å²) < 4.78 is 13.5. The Bertz CT molecular complexity index is 1020. The van der Waals surface area contributed by atoms with Crippen LogP contribution in [0.1, 0.15) is 37.7 Å². The van der Waals surface area contributed by atoms with Crippen LogP contribution < -0.4 is 9.47 Å². The zero-order valence-electron chi connectivity index (χ0n) is 16.5. The number of aromatic nitrogens is 3. The van der Waals surface area contributed by atoms with Crippen LogP contribution in [0.15, 0.2) is 53.6 Å². The van der Waals surface area contributed by atoms with Crippen molar-refractivity contribution in [1.82, 2.24) is 14.9 Å². The summed E-state index contributed by atoms with van der Waals surface area (Å²) in [4.78, 5) is 0. The van der Waals surface area contributed by atoms with Crippen LogP contribution in [-0.2, 0) is 12.0 Å². The summed E-state index contributed by atoms with van der Waals surface area (Å²) in [6.07, 6.45) is 1.73. The monoisotopic (exact) mass is 396 g/mol. The van der Waals surface area contributed by atoms with E-state index in [9.17, 15) is 0 Å². The smallest absolute Gasteiger partial charge is 0.216 e. The molecule has 2 aromatic carbocycles. The van der Waals surface area contributed by atoms with Crippen LogP contribution in [0.2, 0.25) is 0 Å². The van der Waals surface area contributed by atoms with Gasteiger partial charge in [-0.1, -0.05) is 51.1 Å². The third kappa shape index (κ3) is 4.67. The molecule has 28 heavy (non-hydrogen) atoms. The van der Waals surface area contributed by atoms with E-state index in [-0.39, 0.29) is 5.41 Å². The fraction of sp³-hybridized carbons (Fsp3) is 0.286. The minimum atomic E-state index is -0.186. The summed E-state index contributed by atoms with van der Waals surface area (Å²) in [6, 6.07) is 15.7. The fourth-order valence-corrected chi connectivity index (χ4v) is 2.81. The topological polar surface area (TPSA) is 64.4 Å². The van der Waals surface area contributed by atoms with Gasteiger partial charge < -0.3 is 9.47 Å². The number of H-pyrrole nitrogens is 1. The maximum absolute atomic E-state index is 5.96. The van der Waals surface area contributed by atoms with Crippen molar-refractivity contribution in [2.45, 2.75) is 32.8 Å². The molecule has 0 bridgehead atoms. The predicted molar refractivity (Wildman–Crippen MR) is 113 cm³/mol. The summed E-state index contributed by atoms with van der Waals surface area (Å²) in [7, 11) is 1.62. The Morgan fingerprint density at radius 2 is 1.89 bits per heavy atom. The molecule has 0 aliphatic heterocycles. The molecule has 146 valence electrons. The lowest BCUT2D eigenvalue weighted by molar-refractivity contribution is 0.284. The number of hydrogen-bond donors (Lipinski definition) is 1. The Morgan fingerprint density at radius 3 is 2.57 bits per heavy atom. The van der Waals surface area contributed by atoms with Gasteiger partial charge in [0.25, 0.3) is 0 Å². The van der Waals surface area contributed by atoms with Crippen LogP contribution >= 0.6 is 12.2 Å². The van der Waals surface area contributed by atoms with E-state index in [0.717, 1.165) is 17.0 Å². The van der Waals surface area contributed by atoms with E-state index in [1.54, 1.807) is 18.0 Å². The highest BCUT2D eigenvalue weighted by Gasteiger charge is 2.21. The van der Waals surface area contributed by atoms with Gasteiger partial charge in [-0.2, -0.15) is 14.9 Å².